The highest BCUT2D eigenvalue weighted by molar-refractivity contribution is 6.21. The van der Waals surface area contributed by atoms with Crippen LogP contribution < -0.4 is 0 Å². The molecule has 74 valence electrons. The molecule has 1 aliphatic rings. The number of hydrogen-bond donors (Lipinski definition) is 0. The Kier molecular flexibility index (Phi) is 2.23. The highest BCUT2D eigenvalue weighted by atomic mass is 16.1. The Morgan fingerprint density at radius 3 is 2.86 bits per heavy atom. The highest BCUT2D eigenvalue weighted by Crippen LogP contribution is 2.25. The molecule has 2 rings (SSSR count). The Bertz CT molecular complexity index is 401. The number of ketones is 1. The average molecular weight is 190 g/mol. The van der Waals surface area contributed by atoms with Gasteiger partial charge >= 0.3 is 0 Å². The lowest BCUT2D eigenvalue weighted by atomic mass is 9.93. The van der Waals surface area contributed by atoms with Crippen LogP contribution in [0.3, 0.4) is 0 Å². The Labute approximate surface area is 83.4 Å². The van der Waals surface area contributed by atoms with Gasteiger partial charge in [-0.1, -0.05) is 6.08 Å². The summed E-state index contributed by atoms with van der Waals surface area (Å²) >= 11 is 0. The van der Waals surface area contributed by atoms with Crippen LogP contribution in [0, 0.1) is 6.92 Å². The van der Waals surface area contributed by atoms with Crippen molar-refractivity contribution in [1.29, 1.82) is 0 Å². The van der Waals surface area contributed by atoms with E-state index in [0.717, 1.165) is 29.7 Å². The molecule has 0 amide bonds. The number of nitrogens with zero attached hydrogens (tertiary/aromatic N) is 2. The lowest BCUT2D eigenvalue weighted by molar-refractivity contribution is -0.114. The molecule has 14 heavy (non-hydrogen) atoms. The van der Waals surface area contributed by atoms with Crippen molar-refractivity contribution in [2.75, 3.05) is 0 Å². The van der Waals surface area contributed by atoms with Crippen molar-refractivity contribution in [3.8, 4) is 0 Å². The fourth-order valence-electron chi connectivity index (χ4n) is 1.78. The summed E-state index contributed by atoms with van der Waals surface area (Å²) in [6, 6.07) is 0. The van der Waals surface area contributed by atoms with E-state index < -0.39 is 0 Å². The molecule has 0 spiro atoms. The number of rotatable bonds is 1. The smallest absolute Gasteiger partial charge is 0.163 e. The first kappa shape index (κ1) is 9.19. The van der Waals surface area contributed by atoms with Gasteiger partial charge in [0.2, 0.25) is 0 Å². The molecule has 0 aromatic carbocycles. The lowest BCUT2D eigenvalue weighted by Crippen LogP contribution is -2.06. The Morgan fingerprint density at radius 1 is 1.50 bits per heavy atom. The summed E-state index contributed by atoms with van der Waals surface area (Å²) in [5, 5.41) is 4.15. The summed E-state index contributed by atoms with van der Waals surface area (Å²) in [4.78, 5) is 11.7. The number of Topliss-reactive ketones (excluding diaryl/α,β-unsaturated/α-hetero) is 1. The molecule has 0 aliphatic heterocycles. The van der Waals surface area contributed by atoms with Crippen molar-refractivity contribution in [3.05, 3.63) is 23.5 Å². The van der Waals surface area contributed by atoms with Crippen molar-refractivity contribution >= 4 is 11.4 Å². The standard InChI is InChI=1S/C11H14N2O/c1-8-10(7-12-13(8)2)9-5-3-4-6-11(9)14/h5,7H,3-4,6H2,1-2H3. The number of aromatic nitrogens is 2. The van der Waals surface area contributed by atoms with Crippen molar-refractivity contribution in [3.63, 3.8) is 0 Å². The minimum atomic E-state index is 0.257. The van der Waals surface area contributed by atoms with Crippen LogP contribution in [0.25, 0.3) is 5.57 Å². The zero-order chi connectivity index (χ0) is 10.1. The summed E-state index contributed by atoms with van der Waals surface area (Å²) in [6.07, 6.45) is 6.50. The van der Waals surface area contributed by atoms with E-state index in [2.05, 4.69) is 5.10 Å². The first-order chi connectivity index (χ1) is 6.70. The number of aryl methyl sites for hydroxylation is 1. The van der Waals surface area contributed by atoms with Crippen LogP contribution in [-0.2, 0) is 11.8 Å². The fraction of sp³-hybridized carbons (Fsp3) is 0.455. The van der Waals surface area contributed by atoms with Crippen LogP contribution in [0.15, 0.2) is 12.3 Å². The molecular formula is C11H14N2O. The first-order valence-corrected chi connectivity index (χ1v) is 4.92. The van der Waals surface area contributed by atoms with E-state index in [1.165, 1.54) is 0 Å². The van der Waals surface area contributed by atoms with Gasteiger partial charge < -0.3 is 0 Å². The third kappa shape index (κ3) is 1.39. The van der Waals surface area contributed by atoms with Gasteiger partial charge in [-0.25, -0.2) is 0 Å². The summed E-state index contributed by atoms with van der Waals surface area (Å²) in [7, 11) is 1.90. The van der Waals surface area contributed by atoms with E-state index in [-0.39, 0.29) is 5.78 Å². The largest absolute Gasteiger partial charge is 0.294 e. The third-order valence-corrected chi connectivity index (χ3v) is 2.78. The second kappa shape index (κ2) is 3.40. The van der Waals surface area contributed by atoms with Gasteiger partial charge in [0, 0.05) is 30.3 Å². The molecule has 0 radical (unpaired) electrons. The van der Waals surface area contributed by atoms with Gasteiger partial charge in [-0.3, -0.25) is 9.48 Å². The Morgan fingerprint density at radius 2 is 2.29 bits per heavy atom. The maximum Gasteiger partial charge on any atom is 0.163 e. The van der Waals surface area contributed by atoms with Gasteiger partial charge in [0.25, 0.3) is 0 Å². The predicted molar refractivity (Wildman–Crippen MR) is 54.8 cm³/mol. The number of hydrogen-bond acceptors (Lipinski definition) is 2. The molecule has 0 bridgehead atoms. The minimum absolute atomic E-state index is 0.257. The lowest BCUT2D eigenvalue weighted by Gasteiger charge is -2.10. The Balaban J connectivity index is 2.44. The predicted octanol–water partition coefficient (Wildman–Crippen LogP) is 1.86. The number of carbonyl (C=O) groups excluding carboxylic acids is 1. The van der Waals surface area contributed by atoms with Crippen LogP contribution in [0.1, 0.15) is 30.5 Å². The van der Waals surface area contributed by atoms with Crippen molar-refractivity contribution in [2.24, 2.45) is 7.05 Å². The minimum Gasteiger partial charge on any atom is -0.294 e. The molecule has 0 unspecified atom stereocenters. The van der Waals surface area contributed by atoms with E-state index in [0.29, 0.717) is 6.42 Å². The molecule has 1 aromatic rings. The van der Waals surface area contributed by atoms with Gasteiger partial charge in [0.1, 0.15) is 0 Å². The van der Waals surface area contributed by atoms with Gasteiger partial charge in [0.15, 0.2) is 5.78 Å². The summed E-state index contributed by atoms with van der Waals surface area (Å²) in [5.74, 6) is 0.257. The summed E-state index contributed by atoms with van der Waals surface area (Å²) in [5.41, 5.74) is 2.92. The molecule has 3 nitrogen and oxygen atoms in total. The second-order valence-corrected chi connectivity index (χ2v) is 3.70. The molecule has 0 N–H and O–H groups in total. The maximum absolute atomic E-state index is 11.7. The quantitative estimate of drug-likeness (QED) is 0.677. The topological polar surface area (TPSA) is 34.9 Å². The van der Waals surface area contributed by atoms with E-state index in [9.17, 15) is 4.79 Å². The molecule has 0 atom stereocenters. The van der Waals surface area contributed by atoms with E-state index in [1.807, 2.05) is 20.0 Å². The summed E-state index contributed by atoms with van der Waals surface area (Å²) in [6.45, 7) is 1.99. The average Bonchev–Trinajstić information content (AvgIpc) is 2.49. The molecule has 1 aromatic heterocycles. The van der Waals surface area contributed by atoms with Gasteiger partial charge in [0.05, 0.1) is 6.20 Å². The van der Waals surface area contributed by atoms with Crippen LogP contribution in [-0.4, -0.2) is 15.6 Å². The monoisotopic (exact) mass is 190 g/mol. The van der Waals surface area contributed by atoms with Crippen molar-refractivity contribution in [2.45, 2.75) is 26.2 Å². The molecule has 0 saturated heterocycles. The number of carbonyl (C=O) groups is 1. The molecule has 1 aliphatic carbocycles. The van der Waals surface area contributed by atoms with Crippen molar-refractivity contribution in [1.82, 2.24) is 9.78 Å². The van der Waals surface area contributed by atoms with E-state index in [1.54, 1.807) is 10.9 Å². The molecule has 0 saturated carbocycles. The normalized spacial score (nSPS) is 17.0. The van der Waals surface area contributed by atoms with Crippen LogP contribution in [0.4, 0.5) is 0 Å². The zero-order valence-electron chi connectivity index (χ0n) is 8.58. The van der Waals surface area contributed by atoms with Crippen LogP contribution in [0.2, 0.25) is 0 Å². The van der Waals surface area contributed by atoms with Gasteiger partial charge in [-0.2, -0.15) is 5.10 Å². The molecule has 1 heterocycles. The molecule has 3 heteroatoms. The van der Waals surface area contributed by atoms with E-state index >= 15 is 0 Å². The van der Waals surface area contributed by atoms with Gasteiger partial charge in [-0.05, 0) is 19.8 Å². The maximum atomic E-state index is 11.7. The number of allylic oxidation sites excluding steroid dienone is 2. The van der Waals surface area contributed by atoms with Crippen LogP contribution in [0.5, 0.6) is 0 Å². The zero-order valence-corrected chi connectivity index (χ0v) is 8.58. The first-order valence-electron chi connectivity index (χ1n) is 4.92. The highest BCUT2D eigenvalue weighted by Gasteiger charge is 2.18. The molecule has 0 fully saturated rings. The summed E-state index contributed by atoms with van der Waals surface area (Å²) < 4.78 is 1.80. The SMILES string of the molecule is Cc1c(C2=CCCCC2=O)cnn1C. The molecular weight excluding hydrogens is 176 g/mol. The second-order valence-electron chi connectivity index (χ2n) is 3.70. The van der Waals surface area contributed by atoms with Crippen LogP contribution >= 0.6 is 0 Å². The van der Waals surface area contributed by atoms with Crippen molar-refractivity contribution < 1.29 is 4.79 Å². The Hall–Kier alpha value is -1.38. The van der Waals surface area contributed by atoms with Gasteiger partial charge in [-0.15, -0.1) is 0 Å². The fourth-order valence-corrected chi connectivity index (χ4v) is 1.78. The third-order valence-electron chi connectivity index (χ3n) is 2.78. The van der Waals surface area contributed by atoms with E-state index in [4.69, 9.17) is 0 Å².